The standard InChI is InChI=1S/C20H30O2/c1-17(2)7-5-8-18(3)12(17)6-9-20-13(18)10-11-14(15(20)21)19(11,4)16(20)22/h11-14,16,22H,5-10H2,1-4H3/t11-,12-,13+,14?,16-,18-,19?,20+/m1/s1. The van der Waals surface area contributed by atoms with Gasteiger partial charge in [-0.2, -0.15) is 0 Å². The smallest absolute Gasteiger partial charge is 0.145 e. The maximum Gasteiger partial charge on any atom is 0.145 e. The van der Waals surface area contributed by atoms with Gasteiger partial charge in [-0.25, -0.2) is 0 Å². The Labute approximate surface area is 134 Å². The number of ketones is 1. The summed E-state index contributed by atoms with van der Waals surface area (Å²) in [4.78, 5) is 13.2. The maximum absolute atomic E-state index is 13.2. The summed E-state index contributed by atoms with van der Waals surface area (Å²) in [7, 11) is 0. The number of hydrogen-bond acceptors (Lipinski definition) is 2. The minimum Gasteiger partial charge on any atom is -0.391 e. The van der Waals surface area contributed by atoms with Crippen molar-refractivity contribution in [1.29, 1.82) is 0 Å². The third-order valence-electron chi connectivity index (χ3n) is 9.61. The van der Waals surface area contributed by atoms with Crippen molar-refractivity contribution in [1.82, 2.24) is 0 Å². The van der Waals surface area contributed by atoms with Crippen LogP contribution in [0.4, 0.5) is 0 Å². The zero-order valence-corrected chi connectivity index (χ0v) is 14.5. The molecule has 2 unspecified atom stereocenters. The Hall–Kier alpha value is -0.370. The Balaban J connectivity index is 1.64. The highest BCUT2D eigenvalue weighted by Crippen LogP contribution is 2.83. The first-order valence-corrected chi connectivity index (χ1v) is 9.43. The SMILES string of the molecule is CC1(C)CCC[C@]2(C)[C@@H]1CC[C@@]13C(=O)C4[C@@H](C[C@@H]21)C4(C)[C@H]3O. The molecular weight excluding hydrogens is 272 g/mol. The van der Waals surface area contributed by atoms with Crippen LogP contribution in [-0.2, 0) is 4.79 Å². The summed E-state index contributed by atoms with van der Waals surface area (Å²) in [5, 5.41) is 11.2. The summed E-state index contributed by atoms with van der Waals surface area (Å²) in [6, 6.07) is 0. The van der Waals surface area contributed by atoms with Crippen LogP contribution < -0.4 is 0 Å². The Bertz CT molecular complexity index is 580. The van der Waals surface area contributed by atoms with Crippen molar-refractivity contribution in [2.75, 3.05) is 0 Å². The molecule has 0 aromatic carbocycles. The molecule has 0 heterocycles. The van der Waals surface area contributed by atoms with E-state index in [-0.39, 0.29) is 28.3 Å². The van der Waals surface area contributed by atoms with Gasteiger partial charge in [-0.1, -0.05) is 34.1 Å². The molecule has 6 aliphatic rings. The summed E-state index contributed by atoms with van der Waals surface area (Å²) in [6.45, 7) is 9.55. The van der Waals surface area contributed by atoms with E-state index in [4.69, 9.17) is 0 Å². The molecule has 6 saturated carbocycles. The van der Waals surface area contributed by atoms with Crippen molar-refractivity contribution in [3.05, 3.63) is 0 Å². The molecule has 1 N–H and O–H groups in total. The largest absolute Gasteiger partial charge is 0.391 e. The zero-order valence-electron chi connectivity index (χ0n) is 14.5. The Morgan fingerprint density at radius 2 is 1.77 bits per heavy atom. The van der Waals surface area contributed by atoms with Crippen LogP contribution in [-0.4, -0.2) is 17.0 Å². The highest BCUT2D eigenvalue weighted by Gasteiger charge is 2.87. The van der Waals surface area contributed by atoms with Crippen LogP contribution in [0.3, 0.4) is 0 Å². The average Bonchev–Trinajstić information content (AvgIpc) is 3.01. The molecule has 4 bridgehead atoms. The number of carbonyl (C=O) groups excluding carboxylic acids is 1. The first-order valence-electron chi connectivity index (χ1n) is 9.43. The Morgan fingerprint density at radius 1 is 1.05 bits per heavy atom. The quantitative estimate of drug-likeness (QED) is 0.738. The molecule has 0 radical (unpaired) electrons. The molecule has 0 aliphatic heterocycles. The van der Waals surface area contributed by atoms with Crippen LogP contribution in [0.1, 0.15) is 66.2 Å². The van der Waals surface area contributed by atoms with Crippen molar-refractivity contribution < 1.29 is 9.90 Å². The van der Waals surface area contributed by atoms with Crippen LogP contribution in [0.2, 0.25) is 0 Å². The lowest BCUT2D eigenvalue weighted by Crippen LogP contribution is -2.64. The molecule has 2 nitrogen and oxygen atoms in total. The molecule has 22 heavy (non-hydrogen) atoms. The molecule has 122 valence electrons. The Kier molecular flexibility index (Phi) is 2.23. The van der Waals surface area contributed by atoms with Crippen LogP contribution in [0, 0.1) is 45.3 Å². The van der Waals surface area contributed by atoms with E-state index in [1.165, 1.54) is 25.7 Å². The lowest BCUT2D eigenvalue weighted by atomic mass is 9.39. The monoisotopic (exact) mass is 302 g/mol. The number of Topliss-reactive ketones (excluding diaryl/α,β-unsaturated/α-hetero) is 1. The van der Waals surface area contributed by atoms with Gasteiger partial charge >= 0.3 is 0 Å². The lowest BCUT2D eigenvalue weighted by Gasteiger charge is -2.65. The molecule has 0 amide bonds. The van der Waals surface area contributed by atoms with Crippen molar-refractivity contribution in [3.63, 3.8) is 0 Å². The van der Waals surface area contributed by atoms with E-state index in [1.54, 1.807) is 0 Å². The third-order valence-corrected chi connectivity index (χ3v) is 9.61. The number of aliphatic hydroxyl groups is 1. The van der Waals surface area contributed by atoms with Gasteiger partial charge in [-0.3, -0.25) is 4.79 Å². The van der Waals surface area contributed by atoms with Gasteiger partial charge in [0.2, 0.25) is 0 Å². The fourth-order valence-corrected chi connectivity index (χ4v) is 8.64. The predicted octanol–water partition coefficient (Wildman–Crippen LogP) is 3.82. The molecule has 6 aliphatic carbocycles. The summed E-state index contributed by atoms with van der Waals surface area (Å²) >= 11 is 0. The normalized spacial score (nSPS) is 64.0. The second-order valence-electron chi connectivity index (χ2n) is 10.5. The second kappa shape index (κ2) is 3.50. The molecule has 0 saturated heterocycles. The highest BCUT2D eigenvalue weighted by molar-refractivity contribution is 5.97. The minimum atomic E-state index is -0.368. The Morgan fingerprint density at radius 3 is 2.41 bits per heavy atom. The van der Waals surface area contributed by atoms with E-state index in [0.29, 0.717) is 23.0 Å². The van der Waals surface area contributed by atoms with Crippen LogP contribution >= 0.6 is 0 Å². The first kappa shape index (κ1) is 14.0. The fraction of sp³-hybridized carbons (Fsp3) is 0.950. The van der Waals surface area contributed by atoms with Gasteiger partial charge in [0.15, 0.2) is 0 Å². The van der Waals surface area contributed by atoms with Crippen LogP contribution in [0.25, 0.3) is 0 Å². The van der Waals surface area contributed by atoms with E-state index >= 15 is 0 Å². The van der Waals surface area contributed by atoms with Crippen molar-refractivity contribution in [3.8, 4) is 0 Å². The number of fused-ring (bicyclic) bond motifs is 1. The minimum absolute atomic E-state index is 0.0546. The third kappa shape index (κ3) is 1.13. The molecule has 6 fully saturated rings. The van der Waals surface area contributed by atoms with E-state index in [1.807, 2.05) is 0 Å². The van der Waals surface area contributed by atoms with Crippen LogP contribution in [0.15, 0.2) is 0 Å². The van der Waals surface area contributed by atoms with Crippen molar-refractivity contribution >= 4 is 5.78 Å². The predicted molar refractivity (Wildman–Crippen MR) is 85.1 cm³/mol. The van der Waals surface area contributed by atoms with Gasteiger partial charge in [0.05, 0.1) is 11.5 Å². The van der Waals surface area contributed by atoms with Gasteiger partial charge in [-0.05, 0) is 60.7 Å². The number of rotatable bonds is 0. The molecule has 0 aromatic heterocycles. The van der Waals surface area contributed by atoms with E-state index in [9.17, 15) is 9.90 Å². The number of hydrogen-bond donors (Lipinski definition) is 1. The van der Waals surface area contributed by atoms with Gasteiger partial charge in [0.1, 0.15) is 5.78 Å². The van der Waals surface area contributed by atoms with Gasteiger partial charge < -0.3 is 5.11 Å². The van der Waals surface area contributed by atoms with E-state index < -0.39 is 0 Å². The molecule has 1 spiro atoms. The first-order chi connectivity index (χ1) is 10.2. The maximum atomic E-state index is 13.2. The fourth-order valence-electron chi connectivity index (χ4n) is 8.64. The molecule has 8 atom stereocenters. The number of carbonyl (C=O) groups is 1. The topological polar surface area (TPSA) is 37.3 Å². The molecule has 2 heteroatoms. The van der Waals surface area contributed by atoms with Crippen molar-refractivity contribution in [2.24, 2.45) is 45.3 Å². The average molecular weight is 302 g/mol. The lowest BCUT2D eigenvalue weighted by molar-refractivity contribution is -0.200. The summed E-state index contributed by atoms with van der Waals surface area (Å²) in [5.41, 5.74) is 0.245. The summed E-state index contributed by atoms with van der Waals surface area (Å²) in [6.07, 6.45) is 6.85. The van der Waals surface area contributed by atoms with E-state index in [0.717, 1.165) is 18.8 Å². The molecular formula is C20H30O2. The van der Waals surface area contributed by atoms with Crippen LogP contribution in [0.5, 0.6) is 0 Å². The van der Waals surface area contributed by atoms with E-state index in [2.05, 4.69) is 27.7 Å². The molecule has 6 rings (SSSR count). The molecule has 0 aromatic rings. The van der Waals surface area contributed by atoms with Gasteiger partial charge in [0, 0.05) is 11.3 Å². The van der Waals surface area contributed by atoms with Crippen molar-refractivity contribution in [2.45, 2.75) is 72.3 Å². The van der Waals surface area contributed by atoms with Gasteiger partial charge in [0.25, 0.3) is 0 Å². The summed E-state index contributed by atoms with van der Waals surface area (Å²) < 4.78 is 0. The van der Waals surface area contributed by atoms with Gasteiger partial charge in [-0.15, -0.1) is 0 Å². The number of aliphatic hydroxyl groups excluding tert-OH is 1. The summed E-state index contributed by atoms with van der Waals surface area (Å²) in [5.74, 6) is 2.33. The second-order valence-corrected chi connectivity index (χ2v) is 10.5. The highest BCUT2D eigenvalue weighted by atomic mass is 16.3. The zero-order chi connectivity index (χ0) is 15.7.